The number of aryl methyl sites for hydroxylation is 1. The van der Waals surface area contributed by atoms with Crippen molar-refractivity contribution in [3.05, 3.63) is 54.1 Å². The van der Waals surface area contributed by atoms with Crippen LogP contribution in [0.1, 0.15) is 33.1 Å². The SMILES string of the molecule is Cn1c(N2C[C@@H]3C[C@H]4[C@@H]5C[C@H](F)C6=CC(=O)C=C[C@]6(C)[C@@]5(F)[C@@H](O)C[C@]4(C)[C@]3(C(=O)S)O2)cc2ccccc21. The molecule has 0 amide bonds. The van der Waals surface area contributed by atoms with Crippen molar-refractivity contribution < 1.29 is 28.3 Å². The maximum absolute atomic E-state index is 17.5. The molecule has 206 valence electrons. The van der Waals surface area contributed by atoms with Crippen molar-refractivity contribution >= 4 is 40.2 Å². The zero-order chi connectivity index (χ0) is 27.7. The number of hydrogen-bond donors (Lipinski definition) is 2. The van der Waals surface area contributed by atoms with Crippen molar-refractivity contribution in [2.45, 2.75) is 56.7 Å². The van der Waals surface area contributed by atoms with Gasteiger partial charge in [-0.15, -0.1) is 12.6 Å². The van der Waals surface area contributed by atoms with Crippen molar-refractivity contribution in [3.63, 3.8) is 0 Å². The molecular formula is C30H32F2N2O4S. The third kappa shape index (κ3) is 2.84. The Hall–Kier alpha value is -2.49. The van der Waals surface area contributed by atoms with E-state index in [0.717, 1.165) is 16.7 Å². The molecule has 5 aliphatic rings. The Labute approximate surface area is 231 Å². The zero-order valence-electron chi connectivity index (χ0n) is 22.1. The van der Waals surface area contributed by atoms with Gasteiger partial charge in [-0.1, -0.05) is 31.2 Å². The van der Waals surface area contributed by atoms with Crippen molar-refractivity contribution in [1.29, 1.82) is 0 Å². The highest BCUT2D eigenvalue weighted by Crippen LogP contribution is 2.73. The number of ketones is 1. The Morgan fingerprint density at radius 1 is 1.21 bits per heavy atom. The van der Waals surface area contributed by atoms with Gasteiger partial charge < -0.3 is 9.67 Å². The Morgan fingerprint density at radius 3 is 2.67 bits per heavy atom. The monoisotopic (exact) mass is 554 g/mol. The molecule has 4 aliphatic carbocycles. The molecular weight excluding hydrogens is 522 g/mol. The molecule has 2 aromatic rings. The number of aromatic nitrogens is 1. The number of hydroxylamine groups is 1. The van der Waals surface area contributed by atoms with Gasteiger partial charge in [-0.05, 0) is 62.0 Å². The van der Waals surface area contributed by atoms with Crippen molar-refractivity contribution in [2.75, 3.05) is 11.6 Å². The summed E-state index contributed by atoms with van der Waals surface area (Å²) >= 11 is 4.34. The molecule has 9 atom stereocenters. The van der Waals surface area contributed by atoms with Gasteiger partial charge in [0, 0.05) is 40.6 Å². The number of fused-ring (bicyclic) bond motifs is 8. The van der Waals surface area contributed by atoms with Crippen LogP contribution >= 0.6 is 12.6 Å². The Bertz CT molecular complexity index is 1500. The number of carbonyl (C=O) groups is 2. The van der Waals surface area contributed by atoms with Crippen LogP contribution in [0.5, 0.6) is 0 Å². The number of thiol groups is 1. The van der Waals surface area contributed by atoms with Gasteiger partial charge in [0.2, 0.25) is 5.12 Å². The first-order valence-corrected chi connectivity index (χ1v) is 14.0. The molecule has 39 heavy (non-hydrogen) atoms. The molecule has 0 bridgehead atoms. The number of nitrogens with zero attached hydrogens (tertiary/aromatic N) is 2. The number of aliphatic hydroxyl groups is 1. The summed E-state index contributed by atoms with van der Waals surface area (Å²) < 4.78 is 35.2. The van der Waals surface area contributed by atoms with E-state index in [9.17, 15) is 14.7 Å². The summed E-state index contributed by atoms with van der Waals surface area (Å²) in [7, 11) is 1.94. The predicted octanol–water partition coefficient (Wildman–Crippen LogP) is 4.67. The molecule has 0 unspecified atom stereocenters. The lowest BCUT2D eigenvalue weighted by molar-refractivity contribution is -0.225. The quantitative estimate of drug-likeness (QED) is 0.528. The molecule has 1 saturated heterocycles. The summed E-state index contributed by atoms with van der Waals surface area (Å²) in [5, 5.41) is 13.9. The predicted molar refractivity (Wildman–Crippen MR) is 146 cm³/mol. The average Bonchev–Trinajstić information content (AvgIpc) is 3.51. The highest BCUT2D eigenvalue weighted by Gasteiger charge is 2.79. The van der Waals surface area contributed by atoms with Crippen LogP contribution in [0.25, 0.3) is 10.9 Å². The normalized spacial score (nSPS) is 44.6. The van der Waals surface area contributed by atoms with Crippen LogP contribution in [-0.2, 0) is 21.5 Å². The van der Waals surface area contributed by atoms with Gasteiger partial charge in [-0.3, -0.25) is 14.4 Å². The van der Waals surface area contributed by atoms with Crippen LogP contribution in [-0.4, -0.2) is 50.7 Å². The van der Waals surface area contributed by atoms with Gasteiger partial charge in [-0.2, -0.15) is 0 Å². The van der Waals surface area contributed by atoms with Crippen molar-refractivity contribution in [2.24, 2.45) is 35.6 Å². The van der Waals surface area contributed by atoms with Crippen molar-refractivity contribution in [3.8, 4) is 0 Å². The van der Waals surface area contributed by atoms with Gasteiger partial charge in [0.05, 0.1) is 12.6 Å². The van der Waals surface area contributed by atoms with Gasteiger partial charge in [-0.25, -0.2) is 13.8 Å². The van der Waals surface area contributed by atoms with Gasteiger partial charge in [0.25, 0.3) is 0 Å². The summed E-state index contributed by atoms with van der Waals surface area (Å²) in [6, 6.07) is 9.96. The minimum Gasteiger partial charge on any atom is -0.390 e. The second kappa shape index (κ2) is 7.83. The third-order valence-corrected chi connectivity index (χ3v) is 11.5. The third-order valence-electron chi connectivity index (χ3n) is 11.1. The minimum absolute atomic E-state index is 0.0436. The first-order chi connectivity index (χ1) is 18.4. The first kappa shape index (κ1) is 25.5. The highest BCUT2D eigenvalue weighted by molar-refractivity contribution is 7.96. The number of anilines is 1. The summed E-state index contributed by atoms with van der Waals surface area (Å²) in [4.78, 5) is 32.2. The maximum Gasteiger partial charge on any atom is 0.221 e. The lowest BCUT2D eigenvalue weighted by atomic mass is 9.44. The molecule has 6 nitrogen and oxygen atoms in total. The standard InChI is InChI=1S/C30H32F2N2O4S/c1-27-9-8-18(35)12-21(27)22(31)13-20-19-11-17-15-34(25-10-16-6-4-5-7-23(16)33(25)3)38-30(17,26(37)39)28(19,2)14-24(36)29(20,27)32/h4-10,12,17,19-20,22,24,36H,11,13-15H2,1-3H3,(H,37,39)/t17-,19-,20-,22-,24-,27-,28-,29-,30-/m0/s1. The fourth-order valence-corrected chi connectivity index (χ4v) is 9.74. The molecule has 1 aromatic carbocycles. The first-order valence-electron chi connectivity index (χ1n) is 13.6. The van der Waals surface area contributed by atoms with E-state index in [1.807, 2.05) is 48.9 Å². The number of allylic oxidation sites excluding steroid dienone is 4. The summed E-state index contributed by atoms with van der Waals surface area (Å²) in [6.45, 7) is 3.85. The molecule has 3 saturated carbocycles. The number of benzene rings is 1. The summed E-state index contributed by atoms with van der Waals surface area (Å²) in [5.41, 5.74) is -4.94. The van der Waals surface area contributed by atoms with E-state index in [0.29, 0.717) is 13.0 Å². The molecule has 4 fully saturated rings. The number of alkyl halides is 2. The molecule has 0 spiro atoms. The topological polar surface area (TPSA) is 71.8 Å². The largest absolute Gasteiger partial charge is 0.390 e. The number of para-hydroxylation sites is 1. The van der Waals surface area contributed by atoms with E-state index in [-0.39, 0.29) is 30.1 Å². The van der Waals surface area contributed by atoms with E-state index in [1.54, 1.807) is 12.0 Å². The number of hydrogen-bond acceptors (Lipinski definition) is 5. The molecule has 7 rings (SSSR count). The molecule has 9 heteroatoms. The number of aliphatic hydroxyl groups excluding tert-OH is 1. The zero-order valence-corrected chi connectivity index (χ0v) is 23.0. The van der Waals surface area contributed by atoms with Crippen LogP contribution in [0, 0.1) is 28.6 Å². The summed E-state index contributed by atoms with van der Waals surface area (Å²) in [5.74, 6) is -1.21. The van der Waals surface area contributed by atoms with E-state index >= 15 is 8.78 Å². The molecule has 0 radical (unpaired) electrons. The molecule has 1 aliphatic heterocycles. The van der Waals surface area contributed by atoms with E-state index in [2.05, 4.69) is 12.6 Å². The lowest BCUT2D eigenvalue weighted by Gasteiger charge is -2.63. The number of carbonyl (C=O) groups excluding carboxylic acids is 2. The van der Waals surface area contributed by atoms with Crippen LogP contribution < -0.4 is 5.06 Å². The van der Waals surface area contributed by atoms with Gasteiger partial charge in [0.15, 0.2) is 17.1 Å². The van der Waals surface area contributed by atoms with Crippen LogP contribution in [0.15, 0.2) is 54.1 Å². The van der Waals surface area contributed by atoms with E-state index in [1.165, 1.54) is 18.2 Å². The number of halogens is 2. The van der Waals surface area contributed by atoms with Crippen molar-refractivity contribution in [1.82, 2.24) is 4.57 Å². The van der Waals surface area contributed by atoms with Crippen LogP contribution in [0.4, 0.5) is 14.6 Å². The highest BCUT2D eigenvalue weighted by atomic mass is 32.1. The van der Waals surface area contributed by atoms with Crippen LogP contribution in [0.2, 0.25) is 0 Å². The summed E-state index contributed by atoms with van der Waals surface area (Å²) in [6.07, 6.45) is 1.11. The second-order valence-corrected chi connectivity index (χ2v) is 13.0. The Kier molecular flexibility index (Phi) is 5.11. The smallest absolute Gasteiger partial charge is 0.221 e. The number of rotatable bonds is 2. The minimum atomic E-state index is -2.20. The fourth-order valence-electron chi connectivity index (χ4n) is 9.26. The maximum atomic E-state index is 17.5. The fraction of sp³-hybridized carbons (Fsp3) is 0.533. The Balaban J connectivity index is 1.31. The van der Waals surface area contributed by atoms with E-state index < -0.39 is 51.3 Å². The molecule has 1 N–H and O–H groups in total. The van der Waals surface area contributed by atoms with Crippen LogP contribution in [0.3, 0.4) is 0 Å². The second-order valence-electron chi connectivity index (χ2n) is 12.6. The molecule has 1 aromatic heterocycles. The van der Waals surface area contributed by atoms with Gasteiger partial charge >= 0.3 is 0 Å². The van der Waals surface area contributed by atoms with E-state index in [4.69, 9.17) is 4.84 Å². The average molecular weight is 555 g/mol. The van der Waals surface area contributed by atoms with Gasteiger partial charge in [0.1, 0.15) is 12.0 Å². The Morgan fingerprint density at radius 2 is 1.95 bits per heavy atom. The molecule has 2 heterocycles. The lowest BCUT2D eigenvalue weighted by Crippen LogP contribution is -2.70.